The lowest BCUT2D eigenvalue weighted by Gasteiger charge is -2.39. The summed E-state index contributed by atoms with van der Waals surface area (Å²) in [6.45, 7) is 0.693. The van der Waals surface area contributed by atoms with E-state index in [1.165, 1.54) is 0 Å². The van der Waals surface area contributed by atoms with Crippen molar-refractivity contribution in [2.75, 3.05) is 6.61 Å². The van der Waals surface area contributed by atoms with Gasteiger partial charge in [-0.1, -0.05) is 54.6 Å². The van der Waals surface area contributed by atoms with Crippen molar-refractivity contribution >= 4 is 5.78 Å². The average Bonchev–Trinajstić information content (AvgIpc) is 3.08. The van der Waals surface area contributed by atoms with Gasteiger partial charge in [-0.25, -0.2) is 0 Å². The zero-order valence-corrected chi connectivity index (χ0v) is 12.1. The van der Waals surface area contributed by atoms with Crippen molar-refractivity contribution in [2.24, 2.45) is 5.92 Å². The number of rotatable bonds is 1. The highest BCUT2D eigenvalue weighted by Gasteiger charge is 2.67. The Labute approximate surface area is 128 Å². The third kappa shape index (κ3) is 1.32. The predicted octanol–water partition coefficient (Wildman–Crippen LogP) is 3.39. The van der Waals surface area contributed by atoms with Crippen LogP contribution in [0.3, 0.4) is 0 Å². The van der Waals surface area contributed by atoms with Crippen molar-refractivity contribution in [3.05, 3.63) is 71.3 Å². The molecule has 0 aromatic heterocycles. The SMILES string of the molecule is O=C1c2ccccc2[C@@]23OCC[C@@H]2C[C@]1(c1ccccc1)O3. The molecule has 110 valence electrons. The lowest BCUT2D eigenvalue weighted by molar-refractivity contribution is -0.246. The minimum atomic E-state index is -0.888. The van der Waals surface area contributed by atoms with Gasteiger partial charge in [-0.3, -0.25) is 4.79 Å². The predicted molar refractivity (Wildman–Crippen MR) is 80.3 cm³/mol. The molecule has 2 fully saturated rings. The van der Waals surface area contributed by atoms with Gasteiger partial charge in [0.15, 0.2) is 17.2 Å². The fraction of sp³-hybridized carbons (Fsp3) is 0.316. The summed E-state index contributed by atoms with van der Waals surface area (Å²) < 4.78 is 12.5. The molecule has 0 amide bonds. The molecule has 3 heteroatoms. The largest absolute Gasteiger partial charge is 0.346 e. The van der Waals surface area contributed by atoms with Crippen molar-refractivity contribution in [3.8, 4) is 0 Å². The summed E-state index contributed by atoms with van der Waals surface area (Å²) in [6.07, 6.45) is 1.64. The minimum Gasteiger partial charge on any atom is -0.346 e. The fourth-order valence-electron chi connectivity index (χ4n) is 4.37. The Morgan fingerprint density at radius 2 is 1.77 bits per heavy atom. The monoisotopic (exact) mass is 292 g/mol. The summed E-state index contributed by atoms with van der Waals surface area (Å²) in [5.74, 6) is -0.432. The summed E-state index contributed by atoms with van der Waals surface area (Å²) in [4.78, 5) is 13.2. The first kappa shape index (κ1) is 12.6. The molecule has 3 atom stereocenters. The Morgan fingerprint density at radius 3 is 2.64 bits per heavy atom. The maximum Gasteiger partial charge on any atom is 0.200 e. The van der Waals surface area contributed by atoms with Gasteiger partial charge in [-0.2, -0.15) is 0 Å². The normalized spacial score (nSPS) is 35.3. The van der Waals surface area contributed by atoms with Gasteiger partial charge in [0.2, 0.25) is 0 Å². The van der Waals surface area contributed by atoms with Crippen LogP contribution in [-0.4, -0.2) is 12.4 Å². The first-order chi connectivity index (χ1) is 10.8. The van der Waals surface area contributed by atoms with Crippen LogP contribution < -0.4 is 0 Å². The molecule has 2 saturated heterocycles. The molecule has 3 heterocycles. The minimum absolute atomic E-state index is 0.0675. The van der Waals surface area contributed by atoms with Crippen LogP contribution in [0.15, 0.2) is 54.6 Å². The molecule has 0 aliphatic carbocycles. The van der Waals surface area contributed by atoms with Crippen LogP contribution in [0, 0.1) is 5.92 Å². The number of hydrogen-bond acceptors (Lipinski definition) is 3. The maximum absolute atomic E-state index is 13.2. The first-order valence-electron chi connectivity index (χ1n) is 7.80. The van der Waals surface area contributed by atoms with E-state index >= 15 is 0 Å². The molecule has 1 spiro atoms. The van der Waals surface area contributed by atoms with E-state index in [9.17, 15) is 4.79 Å². The molecule has 2 aromatic rings. The van der Waals surface area contributed by atoms with Gasteiger partial charge >= 0.3 is 0 Å². The Morgan fingerprint density at radius 1 is 1.00 bits per heavy atom. The van der Waals surface area contributed by atoms with Gasteiger partial charge in [-0.15, -0.1) is 0 Å². The van der Waals surface area contributed by atoms with E-state index in [1.54, 1.807) is 0 Å². The lowest BCUT2D eigenvalue weighted by atomic mass is 9.82. The molecule has 2 aromatic carbocycles. The lowest BCUT2D eigenvalue weighted by Crippen LogP contribution is -2.45. The number of ether oxygens (including phenoxy) is 2. The van der Waals surface area contributed by atoms with Gasteiger partial charge in [0, 0.05) is 17.0 Å². The van der Waals surface area contributed by atoms with E-state index in [0.717, 1.165) is 23.1 Å². The Balaban J connectivity index is 1.80. The average molecular weight is 292 g/mol. The van der Waals surface area contributed by atoms with Crippen LogP contribution in [-0.2, 0) is 20.9 Å². The summed E-state index contributed by atoms with van der Waals surface area (Å²) in [5.41, 5.74) is 1.71. The summed E-state index contributed by atoms with van der Waals surface area (Å²) in [5, 5.41) is 0. The second-order valence-electron chi connectivity index (χ2n) is 6.38. The molecule has 3 aliphatic heterocycles. The van der Waals surface area contributed by atoms with Gasteiger partial charge in [0.25, 0.3) is 0 Å². The van der Waals surface area contributed by atoms with Crippen molar-refractivity contribution in [1.29, 1.82) is 0 Å². The van der Waals surface area contributed by atoms with Gasteiger partial charge in [0.05, 0.1) is 6.61 Å². The molecule has 3 nitrogen and oxygen atoms in total. The number of Topliss-reactive ketones (excluding diaryl/α,β-unsaturated/α-hetero) is 1. The van der Waals surface area contributed by atoms with E-state index in [-0.39, 0.29) is 11.7 Å². The molecular formula is C19H16O3. The Bertz CT molecular complexity index is 769. The second kappa shape index (κ2) is 4.06. The molecule has 0 unspecified atom stereocenters. The van der Waals surface area contributed by atoms with Gasteiger partial charge in [-0.05, 0) is 18.4 Å². The van der Waals surface area contributed by atoms with Crippen molar-refractivity contribution < 1.29 is 14.3 Å². The van der Waals surface area contributed by atoms with Crippen LogP contribution in [0.2, 0.25) is 0 Å². The smallest absolute Gasteiger partial charge is 0.200 e. The molecule has 5 rings (SSSR count). The van der Waals surface area contributed by atoms with Crippen LogP contribution in [0.25, 0.3) is 0 Å². The van der Waals surface area contributed by atoms with Crippen LogP contribution in [0.4, 0.5) is 0 Å². The number of hydrogen-bond donors (Lipinski definition) is 0. The summed E-state index contributed by atoms with van der Waals surface area (Å²) in [7, 11) is 0. The Hall–Kier alpha value is -1.97. The Kier molecular flexibility index (Phi) is 2.32. The van der Waals surface area contributed by atoms with Gasteiger partial charge in [0.1, 0.15) is 0 Å². The highest BCUT2D eigenvalue weighted by atomic mass is 16.7. The van der Waals surface area contributed by atoms with Crippen molar-refractivity contribution in [2.45, 2.75) is 24.2 Å². The number of fused-ring (bicyclic) bond motifs is 2. The van der Waals surface area contributed by atoms with E-state index in [1.807, 2.05) is 54.6 Å². The van der Waals surface area contributed by atoms with E-state index < -0.39 is 11.4 Å². The fourth-order valence-corrected chi connectivity index (χ4v) is 4.37. The quantitative estimate of drug-likeness (QED) is 0.808. The van der Waals surface area contributed by atoms with Crippen molar-refractivity contribution in [3.63, 3.8) is 0 Å². The molecular weight excluding hydrogens is 276 g/mol. The number of benzene rings is 2. The third-order valence-corrected chi connectivity index (χ3v) is 5.33. The zero-order valence-electron chi connectivity index (χ0n) is 12.1. The van der Waals surface area contributed by atoms with Crippen LogP contribution in [0.1, 0.15) is 34.3 Å². The van der Waals surface area contributed by atoms with Gasteiger partial charge < -0.3 is 9.47 Å². The van der Waals surface area contributed by atoms with Crippen LogP contribution in [0.5, 0.6) is 0 Å². The summed E-state index contributed by atoms with van der Waals surface area (Å²) in [6, 6.07) is 17.6. The summed E-state index contributed by atoms with van der Waals surface area (Å²) >= 11 is 0. The number of carbonyl (C=O) groups excluding carboxylic acids is 1. The number of carbonyl (C=O) groups is 1. The molecule has 22 heavy (non-hydrogen) atoms. The molecule has 2 bridgehead atoms. The van der Waals surface area contributed by atoms with E-state index in [2.05, 4.69) is 0 Å². The second-order valence-corrected chi connectivity index (χ2v) is 6.38. The van der Waals surface area contributed by atoms with Crippen molar-refractivity contribution in [1.82, 2.24) is 0 Å². The number of ketones is 1. The first-order valence-corrected chi connectivity index (χ1v) is 7.80. The molecule has 0 N–H and O–H groups in total. The molecule has 0 saturated carbocycles. The van der Waals surface area contributed by atoms with E-state index in [4.69, 9.17) is 9.47 Å². The highest BCUT2D eigenvalue weighted by molar-refractivity contribution is 6.06. The van der Waals surface area contributed by atoms with E-state index in [0.29, 0.717) is 13.0 Å². The zero-order chi connectivity index (χ0) is 14.8. The molecule has 3 aliphatic rings. The standard InChI is InChI=1S/C19H16O3/c20-17-15-8-4-5-9-16(15)19-14(10-11-21-19)12-18(17,22-19)13-6-2-1-3-7-13/h1-9,14H,10-12H2/t14-,18-,19-/m1/s1. The molecule has 0 radical (unpaired) electrons. The third-order valence-electron chi connectivity index (χ3n) is 5.33. The highest BCUT2D eigenvalue weighted by Crippen LogP contribution is 2.62. The topological polar surface area (TPSA) is 35.5 Å². The van der Waals surface area contributed by atoms with Crippen LogP contribution >= 0.6 is 0 Å². The maximum atomic E-state index is 13.2.